The van der Waals surface area contributed by atoms with E-state index in [9.17, 15) is 23.3 Å². The number of carbonyl (C=O) groups is 1. The van der Waals surface area contributed by atoms with E-state index in [1.807, 2.05) is 11.6 Å². The molecule has 1 atom stereocenters. The molecule has 2 rings (SSSR count). The van der Waals surface area contributed by atoms with Crippen LogP contribution < -0.4 is 4.72 Å². The van der Waals surface area contributed by atoms with Gasteiger partial charge in [0.05, 0.1) is 10.7 Å². The number of amides is 1. The van der Waals surface area contributed by atoms with Crippen molar-refractivity contribution in [1.82, 2.24) is 9.71 Å². The Morgan fingerprint density at radius 2 is 1.80 bits per heavy atom. The van der Waals surface area contributed by atoms with Crippen molar-refractivity contribution in [2.75, 3.05) is 0 Å². The van der Waals surface area contributed by atoms with E-state index in [1.54, 1.807) is 24.5 Å². The molecule has 0 fully saturated rings. The number of aromatic nitrogens is 1. The Hall–Kier alpha value is -2.81. The molecule has 1 N–H and O–H groups in total. The molecule has 0 saturated carbocycles. The quantitative estimate of drug-likeness (QED) is 0.594. The fourth-order valence-electron chi connectivity index (χ4n) is 2.27. The fraction of sp³-hybridized carbons (Fsp3) is 0.250. The molecule has 0 aliphatic heterocycles. The zero-order valence-electron chi connectivity index (χ0n) is 13.5. The van der Waals surface area contributed by atoms with Gasteiger partial charge in [0.1, 0.15) is 0 Å². The second-order valence-corrected chi connectivity index (χ2v) is 7.32. The van der Waals surface area contributed by atoms with Gasteiger partial charge < -0.3 is 0 Å². The third-order valence-electron chi connectivity index (χ3n) is 3.54. The summed E-state index contributed by atoms with van der Waals surface area (Å²) in [6, 6.07) is 8.67. The molecule has 0 saturated heterocycles. The normalized spacial score (nSPS) is 12.4. The molecule has 0 radical (unpaired) electrons. The maximum Gasteiger partial charge on any atom is 0.269 e. The van der Waals surface area contributed by atoms with Gasteiger partial charge in [-0.15, -0.1) is 0 Å². The number of nitrogens with one attached hydrogen (secondary N) is 1. The Kier molecular flexibility index (Phi) is 5.81. The monoisotopic (exact) mass is 363 g/mol. The van der Waals surface area contributed by atoms with Crippen molar-refractivity contribution < 1.29 is 18.1 Å². The molecule has 0 aliphatic rings. The van der Waals surface area contributed by atoms with Gasteiger partial charge in [-0.05, 0) is 29.2 Å². The van der Waals surface area contributed by atoms with E-state index < -0.39 is 26.6 Å². The zero-order chi connectivity index (χ0) is 18.4. The fourth-order valence-corrected chi connectivity index (χ4v) is 3.41. The molecular weight excluding hydrogens is 346 g/mol. The zero-order valence-corrected chi connectivity index (χ0v) is 14.3. The third-order valence-corrected chi connectivity index (χ3v) is 4.79. The highest BCUT2D eigenvalue weighted by Gasteiger charge is 2.18. The van der Waals surface area contributed by atoms with E-state index in [1.165, 1.54) is 24.3 Å². The van der Waals surface area contributed by atoms with E-state index in [4.69, 9.17) is 0 Å². The van der Waals surface area contributed by atoms with Gasteiger partial charge in [0.25, 0.3) is 5.69 Å². The minimum Gasteiger partial charge on any atom is -0.274 e. The average Bonchev–Trinajstić information content (AvgIpc) is 2.55. The minimum absolute atomic E-state index is 0.0174. The predicted octanol–water partition coefficient (Wildman–Crippen LogP) is 2.13. The first-order valence-corrected chi connectivity index (χ1v) is 9.08. The maximum absolute atomic E-state index is 12.1. The van der Waals surface area contributed by atoms with Crippen LogP contribution in [0.25, 0.3) is 0 Å². The van der Waals surface area contributed by atoms with Crippen LogP contribution in [0.15, 0.2) is 48.8 Å². The lowest BCUT2D eigenvalue weighted by molar-refractivity contribution is -0.384. The maximum atomic E-state index is 12.1. The van der Waals surface area contributed by atoms with E-state index in [2.05, 4.69) is 4.98 Å². The number of nitro groups is 1. The molecule has 1 aromatic carbocycles. The largest absolute Gasteiger partial charge is 0.274 e. The van der Waals surface area contributed by atoms with Gasteiger partial charge in [-0.2, -0.15) is 0 Å². The van der Waals surface area contributed by atoms with E-state index >= 15 is 0 Å². The SMILES string of the molecule is CC(CC(=O)NS(=O)(=O)Cc1ccc([N+](=O)[O-])cc1)c1ccncc1. The number of rotatable bonds is 7. The van der Waals surface area contributed by atoms with Crippen molar-refractivity contribution in [2.24, 2.45) is 0 Å². The van der Waals surface area contributed by atoms with Gasteiger partial charge in [-0.25, -0.2) is 8.42 Å². The average molecular weight is 363 g/mol. The second kappa shape index (κ2) is 7.84. The van der Waals surface area contributed by atoms with E-state index in [0.29, 0.717) is 5.56 Å². The summed E-state index contributed by atoms with van der Waals surface area (Å²) in [4.78, 5) is 25.9. The number of nitro benzene ring substituents is 1. The Morgan fingerprint density at radius 1 is 1.20 bits per heavy atom. The first-order chi connectivity index (χ1) is 11.8. The van der Waals surface area contributed by atoms with Crippen LogP contribution >= 0.6 is 0 Å². The van der Waals surface area contributed by atoms with Gasteiger partial charge in [-0.1, -0.05) is 19.1 Å². The lowest BCUT2D eigenvalue weighted by Crippen LogP contribution is -2.32. The van der Waals surface area contributed by atoms with E-state index in [0.717, 1.165) is 5.56 Å². The van der Waals surface area contributed by atoms with Crippen LogP contribution in [-0.4, -0.2) is 24.2 Å². The topological polar surface area (TPSA) is 119 Å². The van der Waals surface area contributed by atoms with Crippen molar-refractivity contribution in [3.05, 3.63) is 70.0 Å². The lowest BCUT2D eigenvalue weighted by Gasteiger charge is -2.12. The molecule has 8 nitrogen and oxygen atoms in total. The highest BCUT2D eigenvalue weighted by molar-refractivity contribution is 7.89. The molecule has 1 aromatic heterocycles. The van der Waals surface area contributed by atoms with E-state index in [-0.39, 0.29) is 18.0 Å². The van der Waals surface area contributed by atoms with Gasteiger partial charge >= 0.3 is 0 Å². The molecule has 0 aliphatic carbocycles. The molecule has 1 amide bonds. The van der Waals surface area contributed by atoms with Gasteiger partial charge in [0.2, 0.25) is 15.9 Å². The number of non-ortho nitro benzene ring substituents is 1. The summed E-state index contributed by atoms with van der Waals surface area (Å²) in [5.74, 6) is -1.19. The molecule has 9 heteroatoms. The first-order valence-electron chi connectivity index (χ1n) is 7.43. The minimum atomic E-state index is -3.88. The molecule has 0 spiro atoms. The molecule has 25 heavy (non-hydrogen) atoms. The summed E-state index contributed by atoms with van der Waals surface area (Å²) in [6.07, 6.45) is 3.23. The number of sulfonamides is 1. The summed E-state index contributed by atoms with van der Waals surface area (Å²) in [6.45, 7) is 1.82. The van der Waals surface area contributed by atoms with Crippen LogP contribution in [0.2, 0.25) is 0 Å². The molecular formula is C16H17N3O5S. The van der Waals surface area contributed by atoms with Crippen LogP contribution in [0.5, 0.6) is 0 Å². The number of nitrogens with zero attached hydrogens (tertiary/aromatic N) is 2. The Labute approximate surface area is 145 Å². The third kappa shape index (κ3) is 5.64. The van der Waals surface area contributed by atoms with Crippen LogP contribution in [0, 0.1) is 10.1 Å². The summed E-state index contributed by atoms with van der Waals surface area (Å²) < 4.78 is 26.2. The number of benzene rings is 1. The highest BCUT2D eigenvalue weighted by Crippen LogP contribution is 2.18. The molecule has 0 bridgehead atoms. The van der Waals surface area contributed by atoms with Crippen molar-refractivity contribution in [1.29, 1.82) is 0 Å². The van der Waals surface area contributed by atoms with Crippen LogP contribution in [0.4, 0.5) is 5.69 Å². The van der Waals surface area contributed by atoms with Crippen LogP contribution in [0.1, 0.15) is 30.4 Å². The van der Waals surface area contributed by atoms with Gasteiger partial charge in [-0.3, -0.25) is 24.6 Å². The standard InChI is InChI=1S/C16H17N3O5S/c1-12(14-6-8-17-9-7-14)10-16(20)18-25(23,24)11-13-2-4-15(5-3-13)19(21)22/h2-9,12H,10-11H2,1H3,(H,18,20). The Morgan fingerprint density at radius 3 is 2.36 bits per heavy atom. The van der Waals surface area contributed by atoms with Gasteiger partial charge in [0.15, 0.2) is 0 Å². The Bertz CT molecular complexity index is 851. The highest BCUT2D eigenvalue weighted by atomic mass is 32.2. The summed E-state index contributed by atoms with van der Waals surface area (Å²) >= 11 is 0. The molecule has 2 aromatic rings. The van der Waals surface area contributed by atoms with Crippen molar-refractivity contribution >= 4 is 21.6 Å². The van der Waals surface area contributed by atoms with Crippen molar-refractivity contribution in [3.8, 4) is 0 Å². The number of hydrogen-bond acceptors (Lipinski definition) is 6. The summed E-state index contributed by atoms with van der Waals surface area (Å²) in [5, 5.41) is 10.6. The molecule has 132 valence electrons. The smallest absolute Gasteiger partial charge is 0.269 e. The summed E-state index contributed by atoms with van der Waals surface area (Å²) in [5.41, 5.74) is 1.11. The number of hydrogen-bond donors (Lipinski definition) is 1. The van der Waals surface area contributed by atoms with Crippen LogP contribution in [0.3, 0.4) is 0 Å². The predicted molar refractivity (Wildman–Crippen MR) is 91.1 cm³/mol. The molecule has 1 heterocycles. The Balaban J connectivity index is 1.95. The number of carbonyl (C=O) groups excluding carboxylic acids is 1. The molecule has 1 unspecified atom stereocenters. The lowest BCUT2D eigenvalue weighted by atomic mass is 9.99. The van der Waals surface area contributed by atoms with Gasteiger partial charge in [0, 0.05) is 30.9 Å². The first kappa shape index (κ1) is 18.5. The second-order valence-electron chi connectivity index (χ2n) is 5.59. The summed E-state index contributed by atoms with van der Waals surface area (Å²) in [7, 11) is -3.88. The van der Waals surface area contributed by atoms with Crippen molar-refractivity contribution in [2.45, 2.75) is 25.0 Å². The number of pyridine rings is 1. The van der Waals surface area contributed by atoms with Crippen LogP contribution in [-0.2, 0) is 20.6 Å². The van der Waals surface area contributed by atoms with Crippen molar-refractivity contribution in [3.63, 3.8) is 0 Å².